The van der Waals surface area contributed by atoms with Gasteiger partial charge in [-0.05, 0) is 11.6 Å². The van der Waals surface area contributed by atoms with Crippen LogP contribution in [0, 0.1) is 0 Å². The molecule has 1 heterocycles. The van der Waals surface area contributed by atoms with Crippen LogP contribution in [-0.4, -0.2) is 20.8 Å². The van der Waals surface area contributed by atoms with Crippen molar-refractivity contribution in [1.82, 2.24) is 9.78 Å². The molecule has 0 spiro atoms. The molecule has 0 fully saturated rings. The molecule has 0 unspecified atom stereocenters. The standard InChI is InChI=1S/C6H5ClN2O2/c1-9-3-4(2-8-9)5(10)6(7)11/h2-3H,1H3. The van der Waals surface area contributed by atoms with Gasteiger partial charge in [-0.3, -0.25) is 14.3 Å². The molecule has 0 atom stereocenters. The van der Waals surface area contributed by atoms with Gasteiger partial charge >= 0.3 is 0 Å². The summed E-state index contributed by atoms with van der Waals surface area (Å²) >= 11 is 4.95. The molecule has 0 amide bonds. The summed E-state index contributed by atoms with van der Waals surface area (Å²) in [5.41, 5.74) is 0.215. The van der Waals surface area contributed by atoms with E-state index in [2.05, 4.69) is 5.10 Å². The van der Waals surface area contributed by atoms with Gasteiger partial charge in [0.2, 0.25) is 5.78 Å². The van der Waals surface area contributed by atoms with E-state index in [1.807, 2.05) is 0 Å². The van der Waals surface area contributed by atoms with Crippen molar-refractivity contribution in [2.45, 2.75) is 0 Å². The number of ketones is 1. The number of hydrogen-bond acceptors (Lipinski definition) is 3. The summed E-state index contributed by atoms with van der Waals surface area (Å²) in [7, 11) is 1.65. The topological polar surface area (TPSA) is 52.0 Å². The third kappa shape index (κ3) is 1.65. The minimum absolute atomic E-state index is 0.215. The molecule has 0 N–H and O–H groups in total. The lowest BCUT2D eigenvalue weighted by atomic mass is 10.2. The Bertz CT molecular complexity index is 305. The van der Waals surface area contributed by atoms with Crippen molar-refractivity contribution in [3.05, 3.63) is 18.0 Å². The van der Waals surface area contributed by atoms with Crippen molar-refractivity contribution >= 4 is 22.6 Å². The van der Waals surface area contributed by atoms with E-state index >= 15 is 0 Å². The first kappa shape index (κ1) is 7.94. The quantitative estimate of drug-likeness (QED) is 0.368. The summed E-state index contributed by atoms with van der Waals surface area (Å²) in [6.07, 6.45) is 2.73. The molecule has 0 bridgehead atoms. The van der Waals surface area contributed by atoms with Gasteiger partial charge in [-0.1, -0.05) is 0 Å². The fourth-order valence-corrected chi connectivity index (χ4v) is 0.761. The third-order valence-corrected chi connectivity index (χ3v) is 1.32. The molecule has 4 nitrogen and oxygen atoms in total. The number of carbonyl (C=O) groups is 2. The van der Waals surface area contributed by atoms with Crippen LogP contribution in [0.25, 0.3) is 0 Å². The second-order valence-corrected chi connectivity index (χ2v) is 2.35. The monoisotopic (exact) mass is 172 g/mol. The molecule has 0 aliphatic carbocycles. The van der Waals surface area contributed by atoms with Crippen LogP contribution in [0.3, 0.4) is 0 Å². The highest BCUT2D eigenvalue weighted by atomic mass is 35.5. The highest BCUT2D eigenvalue weighted by Crippen LogP contribution is 2.00. The second kappa shape index (κ2) is 2.84. The normalized spacial score (nSPS) is 9.64. The molecule has 0 saturated heterocycles. The number of aryl methyl sites for hydroxylation is 1. The molecule has 11 heavy (non-hydrogen) atoms. The van der Waals surface area contributed by atoms with Crippen LogP contribution in [-0.2, 0) is 11.8 Å². The molecule has 1 aromatic rings. The molecule has 0 aliphatic heterocycles. The fraction of sp³-hybridized carbons (Fsp3) is 0.167. The minimum atomic E-state index is -0.988. The van der Waals surface area contributed by atoms with Crippen molar-refractivity contribution in [2.24, 2.45) is 7.05 Å². The number of aromatic nitrogens is 2. The van der Waals surface area contributed by atoms with Crippen molar-refractivity contribution < 1.29 is 9.59 Å². The Morgan fingerprint density at radius 2 is 2.27 bits per heavy atom. The maximum absolute atomic E-state index is 10.8. The van der Waals surface area contributed by atoms with Gasteiger partial charge in [0.15, 0.2) is 0 Å². The highest BCUT2D eigenvalue weighted by molar-refractivity contribution is 6.83. The first-order valence-corrected chi connectivity index (χ1v) is 3.22. The Morgan fingerprint density at radius 3 is 2.64 bits per heavy atom. The first-order valence-electron chi connectivity index (χ1n) is 2.84. The van der Waals surface area contributed by atoms with Gasteiger partial charge in [0.05, 0.1) is 11.8 Å². The summed E-state index contributed by atoms with van der Waals surface area (Å²) in [6.45, 7) is 0. The van der Waals surface area contributed by atoms with Gasteiger partial charge in [0.25, 0.3) is 5.24 Å². The Balaban J connectivity index is 2.94. The fourth-order valence-electron chi connectivity index (χ4n) is 0.652. The molecule has 0 aliphatic rings. The summed E-state index contributed by atoms with van der Waals surface area (Å²) < 4.78 is 1.42. The third-order valence-electron chi connectivity index (χ3n) is 1.15. The highest BCUT2D eigenvalue weighted by Gasteiger charge is 2.14. The zero-order valence-corrected chi connectivity index (χ0v) is 6.50. The summed E-state index contributed by atoms with van der Waals surface area (Å²) in [4.78, 5) is 21.2. The SMILES string of the molecule is Cn1cc(C(=O)C(=O)Cl)cn1. The van der Waals surface area contributed by atoms with Gasteiger partial charge in [0, 0.05) is 13.2 Å². The molecular formula is C6H5ClN2O2. The average molecular weight is 173 g/mol. The van der Waals surface area contributed by atoms with E-state index in [4.69, 9.17) is 11.6 Å². The molecule has 5 heteroatoms. The number of hydrogen-bond donors (Lipinski definition) is 0. The van der Waals surface area contributed by atoms with Gasteiger partial charge < -0.3 is 0 Å². The van der Waals surface area contributed by atoms with Gasteiger partial charge in [0.1, 0.15) is 0 Å². The molecule has 0 radical (unpaired) electrons. The molecular weight excluding hydrogens is 168 g/mol. The molecule has 0 saturated carbocycles. The minimum Gasteiger partial charge on any atom is -0.284 e. The van der Waals surface area contributed by atoms with Crippen LogP contribution < -0.4 is 0 Å². The molecule has 1 rings (SSSR count). The summed E-state index contributed by atoms with van der Waals surface area (Å²) in [5.74, 6) is -0.722. The van der Waals surface area contributed by atoms with E-state index in [0.717, 1.165) is 0 Å². The van der Waals surface area contributed by atoms with E-state index in [-0.39, 0.29) is 5.56 Å². The zero-order chi connectivity index (χ0) is 8.43. The average Bonchev–Trinajstić information content (AvgIpc) is 2.34. The maximum Gasteiger partial charge on any atom is 0.293 e. The van der Waals surface area contributed by atoms with E-state index in [1.54, 1.807) is 7.05 Å². The Kier molecular flexibility index (Phi) is 2.05. The lowest BCUT2D eigenvalue weighted by molar-refractivity contribution is -0.108. The number of rotatable bonds is 2. The van der Waals surface area contributed by atoms with E-state index in [0.29, 0.717) is 0 Å². The zero-order valence-electron chi connectivity index (χ0n) is 5.74. The largest absolute Gasteiger partial charge is 0.293 e. The Hall–Kier alpha value is -1.16. The summed E-state index contributed by atoms with van der Waals surface area (Å²) in [5, 5.41) is 2.72. The van der Waals surface area contributed by atoms with Crippen LogP contribution in [0.5, 0.6) is 0 Å². The lowest BCUT2D eigenvalue weighted by Gasteiger charge is -1.85. The smallest absolute Gasteiger partial charge is 0.284 e. The van der Waals surface area contributed by atoms with Crippen molar-refractivity contribution in [1.29, 1.82) is 0 Å². The predicted molar refractivity (Wildman–Crippen MR) is 38.4 cm³/mol. The molecule has 58 valence electrons. The molecule has 1 aromatic heterocycles. The summed E-state index contributed by atoms with van der Waals surface area (Å²) in [6, 6.07) is 0. The molecule has 0 aromatic carbocycles. The predicted octanol–water partition coefficient (Wildman–Crippen LogP) is 0.368. The second-order valence-electron chi connectivity index (χ2n) is 2.01. The number of halogens is 1. The van der Waals surface area contributed by atoms with E-state index < -0.39 is 11.0 Å². The van der Waals surface area contributed by atoms with Gasteiger partial charge in [-0.2, -0.15) is 5.10 Å². The van der Waals surface area contributed by atoms with Crippen LogP contribution in [0.1, 0.15) is 10.4 Å². The van der Waals surface area contributed by atoms with Gasteiger partial charge in [-0.15, -0.1) is 0 Å². The van der Waals surface area contributed by atoms with Crippen LogP contribution >= 0.6 is 11.6 Å². The van der Waals surface area contributed by atoms with Crippen molar-refractivity contribution in [3.8, 4) is 0 Å². The van der Waals surface area contributed by atoms with Crippen molar-refractivity contribution in [3.63, 3.8) is 0 Å². The number of Topliss-reactive ketones (excluding diaryl/α,β-unsaturated/α-hetero) is 1. The van der Waals surface area contributed by atoms with Gasteiger partial charge in [-0.25, -0.2) is 0 Å². The number of carbonyl (C=O) groups excluding carboxylic acids is 2. The number of nitrogens with zero attached hydrogens (tertiary/aromatic N) is 2. The maximum atomic E-state index is 10.8. The van der Waals surface area contributed by atoms with Crippen LogP contribution in [0.15, 0.2) is 12.4 Å². The lowest BCUT2D eigenvalue weighted by Crippen LogP contribution is -2.05. The van der Waals surface area contributed by atoms with E-state index in [9.17, 15) is 9.59 Å². The van der Waals surface area contributed by atoms with Crippen LogP contribution in [0.4, 0.5) is 0 Å². The van der Waals surface area contributed by atoms with Crippen molar-refractivity contribution in [2.75, 3.05) is 0 Å². The Labute approximate surface area is 67.8 Å². The Morgan fingerprint density at radius 1 is 1.64 bits per heavy atom. The van der Waals surface area contributed by atoms with Crippen LogP contribution in [0.2, 0.25) is 0 Å². The first-order chi connectivity index (χ1) is 5.11. The van der Waals surface area contributed by atoms with E-state index in [1.165, 1.54) is 17.1 Å².